The standard InChI is InChI=1S/C17H18N4O2/c1-4-20-16(22)14(19-17(20)23)10-13-9-11(2)21(12(13)3)15-7-5-6-8-18-15/h5-10H,4H2,1-3H3,(H,19,23). The van der Waals surface area contributed by atoms with Gasteiger partial charge in [-0.1, -0.05) is 6.07 Å². The predicted octanol–water partition coefficient (Wildman–Crippen LogP) is 2.40. The lowest BCUT2D eigenvalue weighted by Gasteiger charge is -2.08. The maximum atomic E-state index is 12.2. The molecule has 0 saturated carbocycles. The first kappa shape index (κ1) is 15.0. The van der Waals surface area contributed by atoms with Gasteiger partial charge < -0.3 is 9.88 Å². The van der Waals surface area contributed by atoms with Crippen molar-refractivity contribution in [1.29, 1.82) is 0 Å². The van der Waals surface area contributed by atoms with Gasteiger partial charge in [0.1, 0.15) is 11.5 Å². The van der Waals surface area contributed by atoms with Gasteiger partial charge in [0, 0.05) is 24.1 Å². The minimum atomic E-state index is -0.373. The maximum Gasteiger partial charge on any atom is 0.328 e. The van der Waals surface area contributed by atoms with E-state index in [1.165, 1.54) is 4.90 Å². The zero-order chi connectivity index (χ0) is 16.6. The number of nitrogens with zero attached hydrogens (tertiary/aromatic N) is 3. The molecule has 2 aromatic rings. The molecule has 118 valence electrons. The van der Waals surface area contributed by atoms with Crippen LogP contribution in [-0.2, 0) is 4.79 Å². The van der Waals surface area contributed by atoms with Crippen molar-refractivity contribution in [1.82, 2.24) is 19.8 Å². The van der Waals surface area contributed by atoms with Gasteiger partial charge in [0.05, 0.1) is 0 Å². The summed E-state index contributed by atoms with van der Waals surface area (Å²) in [5, 5.41) is 2.62. The zero-order valence-electron chi connectivity index (χ0n) is 13.3. The van der Waals surface area contributed by atoms with Crippen LogP contribution < -0.4 is 5.32 Å². The Morgan fingerprint density at radius 2 is 2.04 bits per heavy atom. The first-order chi connectivity index (χ1) is 11.0. The molecule has 3 amide bonds. The molecule has 1 N–H and O–H groups in total. The van der Waals surface area contributed by atoms with E-state index >= 15 is 0 Å². The molecule has 0 atom stereocenters. The minimum Gasteiger partial charge on any atom is -0.303 e. The Kier molecular flexibility index (Phi) is 3.73. The molecule has 6 nitrogen and oxygen atoms in total. The van der Waals surface area contributed by atoms with Crippen molar-refractivity contribution in [3.8, 4) is 5.82 Å². The van der Waals surface area contributed by atoms with Crippen LogP contribution in [0, 0.1) is 13.8 Å². The van der Waals surface area contributed by atoms with E-state index in [0.29, 0.717) is 12.2 Å². The molecule has 1 fully saturated rings. The highest BCUT2D eigenvalue weighted by Gasteiger charge is 2.32. The lowest BCUT2D eigenvalue weighted by molar-refractivity contribution is -0.122. The summed E-state index contributed by atoms with van der Waals surface area (Å²) in [5.41, 5.74) is 3.16. The van der Waals surface area contributed by atoms with Crippen molar-refractivity contribution in [2.24, 2.45) is 0 Å². The number of hydrogen-bond donors (Lipinski definition) is 1. The summed E-state index contributed by atoms with van der Waals surface area (Å²) in [6.07, 6.45) is 3.46. The second kappa shape index (κ2) is 5.72. The third-order valence-electron chi connectivity index (χ3n) is 3.93. The molecule has 3 rings (SSSR count). The van der Waals surface area contributed by atoms with Crippen molar-refractivity contribution in [2.75, 3.05) is 6.54 Å². The third kappa shape index (κ3) is 2.52. The Balaban J connectivity index is 2.02. The second-order valence-corrected chi connectivity index (χ2v) is 5.39. The van der Waals surface area contributed by atoms with Gasteiger partial charge >= 0.3 is 6.03 Å². The Bertz CT molecular complexity index is 806. The van der Waals surface area contributed by atoms with E-state index in [2.05, 4.69) is 10.3 Å². The van der Waals surface area contributed by atoms with E-state index in [4.69, 9.17) is 0 Å². The molecule has 0 aliphatic carbocycles. The van der Waals surface area contributed by atoms with Crippen LogP contribution in [0.5, 0.6) is 0 Å². The molecule has 1 saturated heterocycles. The smallest absolute Gasteiger partial charge is 0.303 e. The van der Waals surface area contributed by atoms with Crippen LogP contribution in [0.15, 0.2) is 36.2 Å². The van der Waals surface area contributed by atoms with Gasteiger partial charge in [-0.2, -0.15) is 0 Å². The number of hydrogen-bond acceptors (Lipinski definition) is 3. The number of rotatable bonds is 3. The van der Waals surface area contributed by atoms with Crippen LogP contribution in [0.3, 0.4) is 0 Å². The van der Waals surface area contributed by atoms with E-state index in [9.17, 15) is 9.59 Å². The monoisotopic (exact) mass is 310 g/mol. The van der Waals surface area contributed by atoms with E-state index in [0.717, 1.165) is 22.8 Å². The largest absolute Gasteiger partial charge is 0.328 e. The highest BCUT2D eigenvalue weighted by molar-refractivity contribution is 6.14. The van der Waals surface area contributed by atoms with E-state index in [-0.39, 0.29) is 11.9 Å². The second-order valence-electron chi connectivity index (χ2n) is 5.39. The number of pyridine rings is 1. The number of carbonyl (C=O) groups is 2. The molecule has 0 bridgehead atoms. The number of urea groups is 1. The Morgan fingerprint density at radius 1 is 1.26 bits per heavy atom. The Labute approximate surface area is 134 Å². The topological polar surface area (TPSA) is 67.2 Å². The van der Waals surface area contributed by atoms with Gasteiger partial charge in [-0.25, -0.2) is 9.78 Å². The van der Waals surface area contributed by atoms with Gasteiger partial charge in [-0.15, -0.1) is 0 Å². The fourth-order valence-electron chi connectivity index (χ4n) is 2.79. The number of nitrogens with one attached hydrogen (secondary N) is 1. The van der Waals surface area contributed by atoms with Gasteiger partial charge in [0.15, 0.2) is 0 Å². The fraction of sp³-hybridized carbons (Fsp3) is 0.235. The summed E-state index contributed by atoms with van der Waals surface area (Å²) in [5.74, 6) is 0.532. The molecular formula is C17H18N4O2. The minimum absolute atomic E-state index is 0.292. The van der Waals surface area contributed by atoms with Crippen LogP contribution in [-0.4, -0.2) is 32.9 Å². The maximum absolute atomic E-state index is 12.2. The molecular weight excluding hydrogens is 292 g/mol. The quantitative estimate of drug-likeness (QED) is 0.699. The van der Waals surface area contributed by atoms with Crippen LogP contribution in [0.2, 0.25) is 0 Å². The van der Waals surface area contributed by atoms with E-state index in [1.54, 1.807) is 19.2 Å². The molecule has 23 heavy (non-hydrogen) atoms. The zero-order valence-corrected chi connectivity index (χ0v) is 13.3. The number of aryl methyl sites for hydroxylation is 1. The van der Waals surface area contributed by atoms with Crippen LogP contribution >= 0.6 is 0 Å². The summed E-state index contributed by atoms with van der Waals surface area (Å²) in [7, 11) is 0. The van der Waals surface area contributed by atoms with Crippen molar-refractivity contribution in [2.45, 2.75) is 20.8 Å². The lowest BCUT2D eigenvalue weighted by atomic mass is 10.2. The number of aromatic nitrogens is 2. The molecule has 1 aliphatic rings. The summed E-state index contributed by atoms with van der Waals surface area (Å²) in [6.45, 7) is 6.08. The number of amides is 3. The molecule has 0 spiro atoms. The van der Waals surface area contributed by atoms with E-state index in [1.807, 2.05) is 42.7 Å². The fourth-order valence-corrected chi connectivity index (χ4v) is 2.79. The van der Waals surface area contributed by atoms with Crippen LogP contribution in [0.25, 0.3) is 11.9 Å². The molecule has 3 heterocycles. The van der Waals surface area contributed by atoms with E-state index < -0.39 is 0 Å². The molecule has 6 heteroatoms. The molecule has 0 radical (unpaired) electrons. The lowest BCUT2D eigenvalue weighted by Crippen LogP contribution is -2.30. The number of likely N-dealkylation sites (N-methyl/N-ethyl adjacent to an activating group) is 1. The highest BCUT2D eigenvalue weighted by Crippen LogP contribution is 2.22. The van der Waals surface area contributed by atoms with Gasteiger partial charge in [-0.05, 0) is 50.6 Å². The number of imide groups is 1. The van der Waals surface area contributed by atoms with Crippen molar-refractivity contribution >= 4 is 18.0 Å². The van der Waals surface area contributed by atoms with Gasteiger partial charge in [-0.3, -0.25) is 9.69 Å². The van der Waals surface area contributed by atoms with Crippen molar-refractivity contribution < 1.29 is 9.59 Å². The van der Waals surface area contributed by atoms with Crippen LogP contribution in [0.4, 0.5) is 4.79 Å². The molecule has 1 aliphatic heterocycles. The average Bonchev–Trinajstić information content (AvgIpc) is 2.96. The summed E-state index contributed by atoms with van der Waals surface area (Å²) in [4.78, 5) is 29.5. The van der Waals surface area contributed by atoms with Crippen molar-refractivity contribution in [3.05, 3.63) is 53.1 Å². The van der Waals surface area contributed by atoms with Crippen molar-refractivity contribution in [3.63, 3.8) is 0 Å². The molecule has 0 unspecified atom stereocenters. The highest BCUT2D eigenvalue weighted by atomic mass is 16.2. The van der Waals surface area contributed by atoms with Gasteiger partial charge in [0.2, 0.25) is 0 Å². The Morgan fingerprint density at radius 3 is 2.65 bits per heavy atom. The van der Waals surface area contributed by atoms with Crippen LogP contribution in [0.1, 0.15) is 23.9 Å². The normalized spacial score (nSPS) is 16.3. The van der Waals surface area contributed by atoms with Gasteiger partial charge in [0.25, 0.3) is 5.91 Å². The SMILES string of the molecule is CCN1C(=O)NC(=Cc2cc(C)n(-c3ccccn3)c2C)C1=O. The molecule has 0 aromatic carbocycles. The summed E-state index contributed by atoms with van der Waals surface area (Å²) >= 11 is 0. The summed E-state index contributed by atoms with van der Waals surface area (Å²) in [6, 6.07) is 7.33. The summed E-state index contributed by atoms with van der Waals surface area (Å²) < 4.78 is 2.02. The number of carbonyl (C=O) groups excluding carboxylic acids is 2. The average molecular weight is 310 g/mol. The third-order valence-corrected chi connectivity index (χ3v) is 3.93. The molecule has 2 aromatic heterocycles. The first-order valence-corrected chi connectivity index (χ1v) is 7.47. The first-order valence-electron chi connectivity index (χ1n) is 7.47. The Hall–Kier alpha value is -2.89. The predicted molar refractivity (Wildman–Crippen MR) is 86.9 cm³/mol.